The molecule has 2 aliphatic carbocycles. The van der Waals surface area contributed by atoms with E-state index < -0.39 is 5.41 Å². The molecule has 9 heteroatoms. The molecule has 1 amide bonds. The summed E-state index contributed by atoms with van der Waals surface area (Å²) in [6, 6.07) is 2.35. The molecule has 200 valence electrons. The summed E-state index contributed by atoms with van der Waals surface area (Å²) in [5.74, 6) is 0.428. The van der Waals surface area contributed by atoms with Crippen LogP contribution in [0.15, 0.2) is 0 Å². The second-order valence-corrected chi connectivity index (χ2v) is 11.3. The lowest BCUT2D eigenvalue weighted by atomic mass is 9.68. The smallest absolute Gasteiger partial charge is 0.243 e. The maximum atomic E-state index is 13.4. The summed E-state index contributed by atoms with van der Waals surface area (Å²) in [6.07, 6.45) is 6.58. The maximum absolute atomic E-state index is 13.4. The molecule has 0 spiro atoms. The second-order valence-electron chi connectivity index (χ2n) is 11.3. The van der Waals surface area contributed by atoms with Crippen LogP contribution >= 0.6 is 0 Å². The fourth-order valence-corrected chi connectivity index (χ4v) is 6.46. The summed E-state index contributed by atoms with van der Waals surface area (Å²) < 4.78 is 13.3. The van der Waals surface area contributed by atoms with Gasteiger partial charge in [-0.3, -0.25) is 14.4 Å². The molecule has 0 bridgehead atoms. The Morgan fingerprint density at radius 2 is 1.89 bits per heavy atom. The van der Waals surface area contributed by atoms with Gasteiger partial charge in [0, 0.05) is 51.4 Å². The Hall–Kier alpha value is -1.99. The number of rotatable bonds is 11. The molecule has 4 rings (SSSR count). The van der Waals surface area contributed by atoms with Crippen LogP contribution in [0, 0.1) is 22.2 Å². The van der Waals surface area contributed by atoms with E-state index >= 15 is 0 Å². The Balaban J connectivity index is 1.59. The van der Waals surface area contributed by atoms with Crippen molar-refractivity contribution in [1.29, 1.82) is 5.26 Å². The van der Waals surface area contributed by atoms with Crippen LogP contribution in [0.1, 0.15) is 67.8 Å². The summed E-state index contributed by atoms with van der Waals surface area (Å²) in [4.78, 5) is 17.6. The third kappa shape index (κ3) is 5.33. The molecule has 2 saturated carbocycles. The fraction of sp³-hybridized carbons (Fsp3) is 0.815. The van der Waals surface area contributed by atoms with Gasteiger partial charge in [0.2, 0.25) is 5.91 Å². The van der Waals surface area contributed by atoms with E-state index in [2.05, 4.69) is 28.0 Å². The highest BCUT2D eigenvalue weighted by atomic mass is 16.5. The van der Waals surface area contributed by atoms with E-state index in [4.69, 9.17) is 14.6 Å². The topological polar surface area (TPSA) is 95.7 Å². The van der Waals surface area contributed by atoms with Crippen LogP contribution < -0.4 is 5.32 Å². The molecule has 0 unspecified atom stereocenters. The van der Waals surface area contributed by atoms with Gasteiger partial charge < -0.3 is 19.7 Å². The van der Waals surface area contributed by atoms with Crippen LogP contribution in [-0.4, -0.2) is 86.7 Å². The molecule has 1 N–H and O–H groups in total. The largest absolute Gasteiger partial charge is 0.384 e. The predicted octanol–water partition coefficient (Wildman–Crippen LogP) is 2.51. The van der Waals surface area contributed by atoms with Gasteiger partial charge in [0.1, 0.15) is 5.41 Å². The van der Waals surface area contributed by atoms with Crippen molar-refractivity contribution >= 4 is 5.91 Å². The number of nitriles is 1. The Kier molecular flexibility index (Phi) is 8.71. The molecule has 2 fully saturated rings. The highest BCUT2D eigenvalue weighted by Gasteiger charge is 2.48. The SMILES string of the molecule is CNCCN(C)Cc1nn2c(c1C1CCC(COC)(COC)CC1)CN(C(=O)C1(C#N)CCC1)CC2. The Morgan fingerprint density at radius 1 is 1.19 bits per heavy atom. The van der Waals surface area contributed by atoms with Crippen LogP contribution in [-0.2, 0) is 33.9 Å². The van der Waals surface area contributed by atoms with E-state index in [0.29, 0.717) is 38.4 Å². The van der Waals surface area contributed by atoms with Crippen molar-refractivity contribution in [1.82, 2.24) is 24.9 Å². The summed E-state index contributed by atoms with van der Waals surface area (Å²) in [7, 11) is 7.67. The summed E-state index contributed by atoms with van der Waals surface area (Å²) in [6.45, 7) is 5.99. The number of aromatic nitrogens is 2. The number of hydrogen-bond donors (Lipinski definition) is 1. The fourth-order valence-electron chi connectivity index (χ4n) is 6.46. The lowest BCUT2D eigenvalue weighted by molar-refractivity contribution is -0.144. The van der Waals surface area contributed by atoms with E-state index in [9.17, 15) is 10.1 Å². The average molecular weight is 501 g/mol. The minimum Gasteiger partial charge on any atom is -0.384 e. The number of carbonyl (C=O) groups is 1. The van der Waals surface area contributed by atoms with Gasteiger partial charge in [-0.25, -0.2) is 0 Å². The minimum absolute atomic E-state index is 0.0187. The molecule has 0 radical (unpaired) electrons. The molecule has 1 aromatic heterocycles. The average Bonchev–Trinajstić information content (AvgIpc) is 3.20. The van der Waals surface area contributed by atoms with Crippen molar-refractivity contribution in [3.63, 3.8) is 0 Å². The molecule has 9 nitrogen and oxygen atoms in total. The quantitative estimate of drug-likeness (QED) is 0.499. The highest BCUT2D eigenvalue weighted by Crippen LogP contribution is 2.46. The van der Waals surface area contributed by atoms with E-state index in [1.807, 2.05) is 11.9 Å². The van der Waals surface area contributed by atoms with Gasteiger partial charge in [0.25, 0.3) is 0 Å². The molecule has 0 aromatic carbocycles. The van der Waals surface area contributed by atoms with Crippen molar-refractivity contribution in [2.75, 3.05) is 61.2 Å². The van der Waals surface area contributed by atoms with E-state index in [1.54, 1.807) is 14.2 Å². The zero-order valence-electron chi connectivity index (χ0n) is 22.6. The molecule has 36 heavy (non-hydrogen) atoms. The van der Waals surface area contributed by atoms with Gasteiger partial charge >= 0.3 is 0 Å². The van der Waals surface area contributed by atoms with Crippen molar-refractivity contribution in [3.8, 4) is 6.07 Å². The molecule has 0 saturated heterocycles. The Labute approximate surface area is 216 Å². The van der Waals surface area contributed by atoms with Gasteiger partial charge in [-0.1, -0.05) is 0 Å². The molecule has 1 aliphatic heterocycles. The standard InChI is InChI=1S/C27H44N6O3/c1-29-12-13-31(2)16-22-24(21-6-10-26(11-7-21,19-35-3)20-36-4)23-17-32(14-15-33(23)30-22)25(34)27(18-28)8-5-9-27/h21,29H,5-17,19-20H2,1-4H3. The normalized spacial score (nSPS) is 21.2. The van der Waals surface area contributed by atoms with E-state index in [1.165, 1.54) is 11.3 Å². The first-order chi connectivity index (χ1) is 17.4. The van der Waals surface area contributed by atoms with Gasteiger partial charge in [-0.2, -0.15) is 10.4 Å². The van der Waals surface area contributed by atoms with E-state index in [0.717, 1.165) is 70.6 Å². The van der Waals surface area contributed by atoms with Gasteiger partial charge in [0.05, 0.1) is 43.8 Å². The number of nitrogens with one attached hydrogen (secondary N) is 1. The number of nitrogens with zero attached hydrogens (tertiary/aromatic N) is 5. The molecule has 3 aliphatic rings. The van der Waals surface area contributed by atoms with Crippen LogP contribution in [0.4, 0.5) is 0 Å². The minimum atomic E-state index is -0.802. The number of amides is 1. The lowest BCUT2D eigenvalue weighted by Gasteiger charge is -2.41. The second kappa shape index (κ2) is 11.6. The lowest BCUT2D eigenvalue weighted by Crippen LogP contribution is -2.49. The van der Waals surface area contributed by atoms with Crippen LogP contribution in [0.25, 0.3) is 0 Å². The zero-order chi connectivity index (χ0) is 25.8. The van der Waals surface area contributed by atoms with Crippen molar-refractivity contribution < 1.29 is 14.3 Å². The number of likely N-dealkylation sites (N-methyl/N-ethyl adjacent to an activating group) is 2. The van der Waals surface area contributed by atoms with Crippen molar-refractivity contribution in [3.05, 3.63) is 17.0 Å². The van der Waals surface area contributed by atoms with Crippen LogP contribution in [0.2, 0.25) is 0 Å². The van der Waals surface area contributed by atoms with E-state index in [-0.39, 0.29) is 11.3 Å². The third-order valence-electron chi connectivity index (χ3n) is 8.73. The Morgan fingerprint density at radius 3 is 2.44 bits per heavy atom. The number of ether oxygens (including phenoxy) is 2. The Bertz CT molecular complexity index is 934. The highest BCUT2D eigenvalue weighted by molar-refractivity contribution is 5.86. The number of methoxy groups -OCH3 is 2. The number of carbonyl (C=O) groups excluding carboxylic acids is 1. The molecule has 2 heterocycles. The number of fused-ring (bicyclic) bond motifs is 1. The first kappa shape index (κ1) is 27.1. The van der Waals surface area contributed by atoms with Crippen LogP contribution in [0.5, 0.6) is 0 Å². The van der Waals surface area contributed by atoms with Gasteiger partial charge in [-0.05, 0) is 65.0 Å². The number of hydrogen-bond acceptors (Lipinski definition) is 7. The maximum Gasteiger partial charge on any atom is 0.243 e. The molecule has 1 aromatic rings. The summed E-state index contributed by atoms with van der Waals surface area (Å²) in [5.41, 5.74) is 2.93. The molecule has 0 atom stereocenters. The zero-order valence-corrected chi connectivity index (χ0v) is 22.6. The first-order valence-electron chi connectivity index (χ1n) is 13.5. The molecular weight excluding hydrogens is 456 g/mol. The summed E-state index contributed by atoms with van der Waals surface area (Å²) >= 11 is 0. The monoisotopic (exact) mass is 500 g/mol. The van der Waals surface area contributed by atoms with Crippen molar-refractivity contribution in [2.45, 2.75) is 70.5 Å². The third-order valence-corrected chi connectivity index (χ3v) is 8.73. The predicted molar refractivity (Wildman–Crippen MR) is 137 cm³/mol. The van der Waals surface area contributed by atoms with Crippen LogP contribution in [0.3, 0.4) is 0 Å². The summed E-state index contributed by atoms with van der Waals surface area (Å²) in [5, 5.41) is 18.1. The molecular formula is C27H44N6O3. The van der Waals surface area contributed by atoms with Gasteiger partial charge in [0.15, 0.2) is 0 Å². The first-order valence-corrected chi connectivity index (χ1v) is 13.5. The van der Waals surface area contributed by atoms with Gasteiger partial charge in [-0.15, -0.1) is 0 Å². The van der Waals surface area contributed by atoms with Crippen molar-refractivity contribution in [2.24, 2.45) is 10.8 Å².